The fourth-order valence-electron chi connectivity index (χ4n) is 20.8. The van der Waals surface area contributed by atoms with Gasteiger partial charge in [-0.1, -0.05) is 198 Å². The summed E-state index contributed by atoms with van der Waals surface area (Å²) in [4.78, 5) is 97.8. The number of nitrogens with one attached hydrogen (secondary N) is 1. The molecule has 24 heteroatoms. The third kappa shape index (κ3) is 18.8. The Labute approximate surface area is 777 Å². The molecule has 9 aliphatic heterocycles. The lowest BCUT2D eigenvalue weighted by atomic mass is 9.74. The molecular weight excluding hydrogens is 1710 g/mol. The molecule has 0 atom stereocenters. The highest BCUT2D eigenvalue weighted by atomic mass is 35.5. The summed E-state index contributed by atoms with van der Waals surface area (Å²) in [5, 5.41) is 13.9. The van der Waals surface area contributed by atoms with Gasteiger partial charge in [-0.05, 0) is 222 Å². The van der Waals surface area contributed by atoms with E-state index in [4.69, 9.17) is 46.7 Å². The van der Waals surface area contributed by atoms with E-state index in [2.05, 4.69) is 125 Å². The van der Waals surface area contributed by atoms with Gasteiger partial charge in [-0.25, -0.2) is 0 Å². The lowest BCUT2D eigenvalue weighted by molar-refractivity contribution is -0.168. The van der Waals surface area contributed by atoms with E-state index in [0.717, 1.165) is 123 Å². The lowest BCUT2D eigenvalue weighted by Crippen LogP contribution is -2.49. The van der Waals surface area contributed by atoms with Gasteiger partial charge in [-0.3, -0.25) is 38.2 Å². The van der Waals surface area contributed by atoms with Crippen LogP contribution < -0.4 is 5.32 Å². The summed E-state index contributed by atoms with van der Waals surface area (Å²) in [5.74, 6) is -0.274. The van der Waals surface area contributed by atoms with Gasteiger partial charge in [0.05, 0.1) is 53.9 Å². The number of aryl methyl sites for hydroxylation is 2. The quantitative estimate of drug-likeness (QED) is 0.0805. The van der Waals surface area contributed by atoms with Gasteiger partial charge in [0.1, 0.15) is 5.60 Å². The number of rotatable bonds is 9. The van der Waals surface area contributed by atoms with Crippen LogP contribution in [0.15, 0.2) is 258 Å². The summed E-state index contributed by atoms with van der Waals surface area (Å²) in [6.45, 7) is 10.4. The summed E-state index contributed by atoms with van der Waals surface area (Å²) in [6.07, 6.45) is 19.9. The minimum atomic E-state index is -0.630. The second-order valence-corrected chi connectivity index (χ2v) is 37.2. The number of anilines is 1. The number of ether oxygens (including phenoxy) is 4. The minimum Gasteiger partial charge on any atom is -0.454 e. The molecule has 10 aliphatic rings. The van der Waals surface area contributed by atoms with E-state index in [1.54, 1.807) is 82.0 Å². The third-order valence-corrected chi connectivity index (χ3v) is 29.3. The van der Waals surface area contributed by atoms with Crippen LogP contribution in [0.5, 0.6) is 0 Å². The van der Waals surface area contributed by atoms with Crippen molar-refractivity contribution in [1.82, 2.24) is 39.4 Å². The van der Waals surface area contributed by atoms with Crippen LogP contribution in [0.1, 0.15) is 176 Å². The Morgan fingerprint density at radius 2 is 0.893 bits per heavy atom. The maximum atomic E-state index is 13.1. The molecule has 0 bridgehead atoms. The van der Waals surface area contributed by atoms with Crippen molar-refractivity contribution in [3.63, 3.8) is 0 Å². The van der Waals surface area contributed by atoms with Crippen LogP contribution in [0.3, 0.4) is 0 Å². The van der Waals surface area contributed by atoms with Gasteiger partial charge < -0.3 is 53.3 Å². The summed E-state index contributed by atoms with van der Waals surface area (Å²) >= 11 is 13.8. The average molecular weight is 1810 g/mol. The zero-order chi connectivity index (χ0) is 90.4. The molecule has 21 nitrogen and oxygen atoms in total. The van der Waals surface area contributed by atoms with Gasteiger partial charge in [0.15, 0.2) is 17.0 Å². The highest BCUT2D eigenvalue weighted by Gasteiger charge is 2.49. The van der Waals surface area contributed by atoms with E-state index in [-0.39, 0.29) is 63.6 Å². The van der Waals surface area contributed by atoms with Crippen LogP contribution in [-0.4, -0.2) is 153 Å². The first-order valence-electron chi connectivity index (χ1n) is 45.3. The third-order valence-electron chi connectivity index (χ3n) is 28.0. The lowest BCUT2D eigenvalue weighted by Gasteiger charge is -2.44. The summed E-state index contributed by atoms with van der Waals surface area (Å²) < 4.78 is 31.4. The predicted octanol–water partition coefficient (Wildman–Crippen LogP) is 19.6. The molecule has 1 N–H and O–H groups in total. The largest absolute Gasteiger partial charge is 0.454 e. The topological polar surface area (TPSA) is 228 Å². The number of halogens is 2. The maximum absolute atomic E-state index is 13.1. The van der Waals surface area contributed by atoms with Gasteiger partial charge in [-0.15, -0.1) is 11.8 Å². The SMILES string of the molecule is CC(=O)Nc1ccc(C(=O)N2CCC3(CCc4ccccc43)CC2)cc1.CSc1ccc(/C=C/C(=O)N2CCC3(CC2)OCc2ccccc23)cc1.Cn1nc(C(=O)N2CCC3(CC2)OCc2ccccc23)c2ccccc21.O=C(/C=C/c1ccc(Cl)cc1Cl)N1CCC2(CC1)OCc1ccccc12.O=C1Cc2ccccc2C2(CCN(C(=O)c3noc4ccccc34)CC2)O1. The molecule has 12 aromatic rings. The number of aromatic nitrogens is 3. The fraction of sp³-hybridized carbons (Fsp3) is 0.318. The second-order valence-electron chi connectivity index (χ2n) is 35.5. The molecule has 11 heterocycles. The molecule has 0 radical (unpaired) electrons. The first-order valence-corrected chi connectivity index (χ1v) is 47.3. The van der Waals surface area contributed by atoms with Gasteiger partial charge in [0.25, 0.3) is 17.7 Å². The van der Waals surface area contributed by atoms with Crippen LogP contribution in [0.4, 0.5) is 5.69 Å². The fourth-order valence-corrected chi connectivity index (χ4v) is 21.7. The van der Waals surface area contributed by atoms with Crippen molar-refractivity contribution in [1.29, 1.82) is 0 Å². The number of esters is 1. The zero-order valence-electron chi connectivity index (χ0n) is 73.9. The molecule has 0 unspecified atom stereocenters. The van der Waals surface area contributed by atoms with Gasteiger partial charge >= 0.3 is 5.97 Å². The number of thioether (sulfide) groups is 1. The number of para-hydroxylation sites is 2. The number of nitrogens with zero attached hydrogens (tertiary/aromatic N) is 8. The molecule has 22 rings (SSSR count). The average Bonchev–Trinajstić information content (AvgIpc) is 1.75. The number of benzene rings is 10. The Bertz CT molecular complexity index is 6350. The maximum Gasteiger partial charge on any atom is 0.311 e. The first-order chi connectivity index (χ1) is 63.7. The molecule has 5 fully saturated rings. The van der Waals surface area contributed by atoms with Crippen molar-refractivity contribution in [2.24, 2.45) is 7.05 Å². The smallest absolute Gasteiger partial charge is 0.311 e. The number of piperidine rings is 5. The number of carbonyl (C=O) groups is 7. The van der Waals surface area contributed by atoms with E-state index in [0.29, 0.717) is 117 Å². The molecule has 5 spiro atoms. The Balaban J connectivity index is 0.000000110. The van der Waals surface area contributed by atoms with Crippen LogP contribution in [0.2, 0.25) is 10.0 Å². The van der Waals surface area contributed by atoms with E-state index < -0.39 is 5.60 Å². The molecule has 0 saturated carbocycles. The second kappa shape index (κ2) is 38.6. The van der Waals surface area contributed by atoms with E-state index in [9.17, 15) is 33.6 Å². The monoisotopic (exact) mass is 1810 g/mol. The predicted molar refractivity (Wildman–Crippen MR) is 508 cm³/mol. The molecule has 1 aliphatic carbocycles. The number of carbonyl (C=O) groups excluding carboxylic acids is 7. The van der Waals surface area contributed by atoms with Crippen LogP contribution in [-0.2, 0) is 106 Å². The highest BCUT2D eigenvalue weighted by Crippen LogP contribution is 2.50. The molecule has 10 aromatic carbocycles. The van der Waals surface area contributed by atoms with Crippen LogP contribution in [0.25, 0.3) is 34.0 Å². The molecule has 2 aromatic heterocycles. The van der Waals surface area contributed by atoms with Crippen molar-refractivity contribution >= 4 is 116 Å². The number of fused-ring (bicyclic) bond motifs is 12. The van der Waals surface area contributed by atoms with Gasteiger partial charge in [0, 0.05) is 136 Å². The molecule has 670 valence electrons. The molecule has 5 saturated heterocycles. The number of hydrogen-bond donors (Lipinski definition) is 1. The van der Waals surface area contributed by atoms with Crippen molar-refractivity contribution in [2.45, 2.75) is 143 Å². The van der Waals surface area contributed by atoms with E-state index in [1.165, 1.54) is 62.7 Å². The van der Waals surface area contributed by atoms with Crippen LogP contribution in [0, 0.1) is 0 Å². The Morgan fingerprint density at radius 1 is 0.443 bits per heavy atom. The Hall–Kier alpha value is -12.3. The summed E-state index contributed by atoms with van der Waals surface area (Å²) in [5.41, 5.74) is 17.5. The number of likely N-dealkylation sites (tertiary alicyclic amines) is 5. The minimum absolute atomic E-state index is 0.00264. The van der Waals surface area contributed by atoms with E-state index in [1.807, 2.05) is 124 Å². The van der Waals surface area contributed by atoms with Gasteiger partial charge in [0.2, 0.25) is 17.7 Å². The Kier molecular flexibility index (Phi) is 26.3. The molecule has 6 amide bonds. The summed E-state index contributed by atoms with van der Waals surface area (Å²) in [7, 11) is 1.88. The first kappa shape index (κ1) is 89.3. The van der Waals surface area contributed by atoms with Crippen molar-refractivity contribution in [2.75, 3.05) is 77.0 Å². The van der Waals surface area contributed by atoms with Gasteiger partial charge in [-0.2, -0.15) is 5.10 Å². The van der Waals surface area contributed by atoms with Crippen LogP contribution >= 0.6 is 35.0 Å². The number of hydrogen-bond acceptors (Lipinski definition) is 15. The number of amides is 6. The molecular formula is C107H105Cl2N9O12S. The summed E-state index contributed by atoms with van der Waals surface area (Å²) in [6, 6.07) is 77.9. The highest BCUT2D eigenvalue weighted by molar-refractivity contribution is 7.98. The van der Waals surface area contributed by atoms with Crippen molar-refractivity contribution in [3.8, 4) is 0 Å². The normalized spacial score (nSPS) is 18.3. The molecule has 131 heavy (non-hydrogen) atoms. The Morgan fingerprint density at radius 3 is 1.44 bits per heavy atom. The van der Waals surface area contributed by atoms with Crippen molar-refractivity contribution < 1.29 is 57.0 Å². The van der Waals surface area contributed by atoms with Crippen molar-refractivity contribution in [3.05, 3.63) is 342 Å². The zero-order valence-corrected chi connectivity index (χ0v) is 76.2. The standard InChI is InChI=1S/C22H24N2O2.C22H23NO2S.C21H19Cl2NO2.C21H21N3O2.C21H18N2O4/c1-16(25)23-19-8-6-18(7-9-19)21(26)24-14-12-22(13-15-24)11-10-17-4-2-3-5-20(17)22;1-26-19-9-6-17(7-10-19)8-11-21(24)23-14-12-22(13-15-23)20-5-3-2-4-18(20)16-25-22;22-17-7-5-15(19(23)13-17)6-8-20(25)24-11-9-21(10-12-24)18-4-2-1-3-16(18)14-26-21;1-23-18-9-5-3-7-16(18)19(22-23)20(25)24-12-10-21(11-13-24)17-8-4-2-6-15(17)14-26-21;24-18-13-14-5-1-3-7-16(14)21(26-18)9-11-23(12-10-21)20(25)19-15-6-2-4-8-17(15)27-22-19/h2-9H,10-15H2,1H3,(H,23,25);2-11H,12-16H2,1H3;1-8,13H,9-12,14H2;2-9H,10-14H2,1H3;1-8H,9-13H2/b;11-8+;8-6+;;. The van der Waals surface area contributed by atoms with E-state index >= 15 is 0 Å².